The molecule has 0 aliphatic carbocycles. The number of hydrogen-bond donors (Lipinski definition) is 4. The van der Waals surface area contributed by atoms with E-state index < -0.39 is 0 Å². The topological polar surface area (TPSA) is 107 Å². The maximum Gasteiger partial charge on any atom is 0.109 e. The van der Waals surface area contributed by atoms with E-state index in [0.29, 0.717) is 66.8 Å². The zero-order valence-electron chi connectivity index (χ0n) is 78.9. The van der Waals surface area contributed by atoms with E-state index in [-0.39, 0.29) is 16.6 Å². The van der Waals surface area contributed by atoms with Crippen molar-refractivity contribution in [2.75, 3.05) is 82.1 Å². The quantitative estimate of drug-likeness (QED) is 0.108. The molecule has 108 heavy (non-hydrogen) atoms. The fraction of sp³-hybridized carbons (Fsp3) is 0.938. The van der Waals surface area contributed by atoms with E-state index >= 15 is 0 Å². The lowest BCUT2D eigenvalue weighted by Gasteiger charge is -2.45. The Bertz CT molecular complexity index is 2050. The van der Waals surface area contributed by atoms with Crippen molar-refractivity contribution >= 4 is 60.3 Å². The molecule has 0 unspecified atom stereocenters. The van der Waals surface area contributed by atoms with Crippen LogP contribution < -0.4 is 21.3 Å². The summed E-state index contributed by atoms with van der Waals surface area (Å²) in [4.78, 5) is 17.4. The number of ether oxygens (including phenoxy) is 1. The van der Waals surface area contributed by atoms with E-state index in [1.165, 1.54) is 126 Å². The number of thioether (sulfide) groups is 3. The van der Waals surface area contributed by atoms with Crippen molar-refractivity contribution in [1.82, 2.24) is 21.3 Å². The summed E-state index contributed by atoms with van der Waals surface area (Å²) in [6.45, 7) is 93.7. The van der Waals surface area contributed by atoms with Crippen LogP contribution in [0.25, 0.3) is 0 Å². The first-order valence-corrected chi connectivity index (χ1v) is 48.5. The maximum atomic E-state index is 5.99. The molecule has 9 aliphatic heterocycles. The molecule has 9 rings (SSSR count). The second kappa shape index (κ2) is 50.8. The molecule has 12 heteroatoms. The lowest BCUT2D eigenvalue weighted by molar-refractivity contribution is -0.137. The molecule has 6 saturated heterocycles. The third kappa shape index (κ3) is 29.4. The van der Waals surface area contributed by atoms with Crippen LogP contribution in [0.1, 0.15) is 339 Å². The standard InChI is InChI=1S/C11H23N.C11H21N.C11H23N.C11H19N.C11H22O.C11H22S.C10H22N2.C10H18N2.C10H20S2/c2*1-9(2)11(10(3)4)5-7-12-8-6-11;3*1-9(2)11(10(3)4)7-5-6-8-12-11;1-9(2)11(10(3)4)5-7-12-8-6-11;2*1-8(2)10(9(3)4)5-11-7-12-6-10;1-8(2)10(9(3)4)11-6-5-7-12-10/h9-10,12H,5-8H2,1-4H3;7,9-10H,5-6,8H2,1-4H3;9-10,12H,5-8H2,1-4H3;5-6,8-10H,7H2,1-4H3;2*9-10H,5-8H2,1-4H3;8-9,11-12H,5-7H2,1-4H3;5,7-9H,6H2,1-4H3;8-9H,5-7H2,1-4H3. The van der Waals surface area contributed by atoms with Gasteiger partial charge in [-0.2, -0.15) is 11.8 Å². The summed E-state index contributed by atoms with van der Waals surface area (Å²) in [5.74, 6) is 18.8. The number of dihydropyridines is 1. The SMILES string of the molecule is CC(C)C1(C(C)C)C=NC=NC1.CC(C)C1(C(C)C)CC=CC=N1.CC(C)C1(C(C)C)CC=NCC1.CC(C)C1(C(C)C)CCCCN1.CC(C)C1(C(C)C)CCCCO1.CC(C)C1(C(C)C)CCNCC1.CC(C)C1(C(C)C)CCSCC1.CC(C)C1(C(C)C)CNCNC1.CC(C)C1(C(C)C)SCCCS1. The molecule has 0 spiro atoms. The van der Waals surface area contributed by atoms with E-state index in [9.17, 15) is 0 Å². The second-order valence-electron chi connectivity index (χ2n) is 40.4. The minimum absolute atomic E-state index is 0.161. The number of nitrogens with one attached hydrogen (secondary N) is 4. The number of rotatable bonds is 18. The zero-order chi connectivity index (χ0) is 82.7. The van der Waals surface area contributed by atoms with Gasteiger partial charge in [-0.25, -0.2) is 4.99 Å². The van der Waals surface area contributed by atoms with Gasteiger partial charge in [0.25, 0.3) is 0 Å². The molecule has 0 bridgehead atoms. The summed E-state index contributed by atoms with van der Waals surface area (Å²) in [7, 11) is 0. The van der Waals surface area contributed by atoms with Crippen molar-refractivity contribution in [3.05, 3.63) is 12.2 Å². The van der Waals surface area contributed by atoms with E-state index in [2.05, 4.69) is 344 Å². The molecule has 0 atom stereocenters. The molecule has 638 valence electrons. The molecule has 9 aliphatic rings. The fourth-order valence-electron chi connectivity index (χ4n) is 20.6. The summed E-state index contributed by atoms with van der Waals surface area (Å²) in [5.41, 5.74) is 3.22. The second-order valence-corrected chi connectivity index (χ2v) is 44.6. The minimum Gasteiger partial charge on any atom is -0.374 e. The molecule has 0 amide bonds. The van der Waals surface area contributed by atoms with Gasteiger partial charge in [-0.1, -0.05) is 262 Å². The van der Waals surface area contributed by atoms with Crippen LogP contribution in [0.3, 0.4) is 0 Å². The minimum atomic E-state index is 0.161. The van der Waals surface area contributed by atoms with Gasteiger partial charge in [0.1, 0.15) is 6.34 Å². The molecular formula is C96H190N8OS3. The molecule has 0 aromatic carbocycles. The largest absolute Gasteiger partial charge is 0.374 e. The predicted octanol–water partition coefficient (Wildman–Crippen LogP) is 26.4. The predicted molar refractivity (Wildman–Crippen MR) is 498 cm³/mol. The third-order valence-electron chi connectivity index (χ3n) is 30.0. The number of aliphatic imine (C=N–C) groups is 4. The monoisotopic (exact) mass is 1570 g/mol. The third-order valence-corrected chi connectivity index (χ3v) is 35.4. The maximum absolute atomic E-state index is 5.99. The smallest absolute Gasteiger partial charge is 0.109 e. The van der Waals surface area contributed by atoms with E-state index in [1.807, 2.05) is 12.3 Å². The average molecular weight is 1570 g/mol. The number of hydrogen-bond acceptors (Lipinski definition) is 12. The molecule has 0 aromatic heterocycles. The Balaban J connectivity index is 0.000000607. The summed E-state index contributed by atoms with van der Waals surface area (Å²) < 4.78 is 6.50. The van der Waals surface area contributed by atoms with Crippen LogP contribution in [0.2, 0.25) is 0 Å². The van der Waals surface area contributed by atoms with Crippen molar-refractivity contribution in [2.45, 2.75) is 360 Å². The number of allylic oxidation sites excluding steroid dienone is 1. The summed E-state index contributed by atoms with van der Waals surface area (Å²) in [5, 5.41) is 14.0. The van der Waals surface area contributed by atoms with Gasteiger partial charge in [-0.15, -0.1) is 23.5 Å². The van der Waals surface area contributed by atoms with Crippen molar-refractivity contribution in [2.24, 2.45) is 154 Å². The van der Waals surface area contributed by atoms with Crippen LogP contribution in [0.15, 0.2) is 32.1 Å². The van der Waals surface area contributed by atoms with Gasteiger partial charge in [-0.05, 0) is 267 Å². The van der Waals surface area contributed by atoms with Crippen LogP contribution in [0.5, 0.6) is 0 Å². The van der Waals surface area contributed by atoms with Gasteiger partial charge in [0, 0.05) is 56.3 Å². The van der Waals surface area contributed by atoms with E-state index in [1.54, 1.807) is 6.34 Å². The first-order valence-electron chi connectivity index (χ1n) is 45.4. The lowest BCUT2D eigenvalue weighted by Crippen LogP contribution is -2.56. The Morgan fingerprint density at radius 2 is 0.843 bits per heavy atom. The van der Waals surface area contributed by atoms with Crippen molar-refractivity contribution in [3.8, 4) is 0 Å². The normalized spacial score (nSPS) is 22.8. The van der Waals surface area contributed by atoms with Crippen LogP contribution in [-0.4, -0.2) is 128 Å². The van der Waals surface area contributed by atoms with Gasteiger partial charge >= 0.3 is 0 Å². The van der Waals surface area contributed by atoms with Crippen molar-refractivity contribution in [3.63, 3.8) is 0 Å². The van der Waals surface area contributed by atoms with Crippen LogP contribution in [0.4, 0.5) is 0 Å². The Labute approximate surface area is 689 Å². The van der Waals surface area contributed by atoms with Crippen LogP contribution >= 0.6 is 35.3 Å². The molecule has 9 heterocycles. The highest BCUT2D eigenvalue weighted by Gasteiger charge is 2.45. The number of nitrogens with zero attached hydrogens (tertiary/aromatic N) is 4. The summed E-state index contributed by atoms with van der Waals surface area (Å²) in [6, 6.07) is 0. The molecule has 0 radical (unpaired) electrons. The van der Waals surface area contributed by atoms with Gasteiger partial charge in [0.05, 0.1) is 21.8 Å². The Morgan fingerprint density at radius 1 is 0.380 bits per heavy atom. The van der Waals surface area contributed by atoms with E-state index in [4.69, 9.17) is 4.74 Å². The Hall–Kier alpha value is -0.730. The molecule has 4 N–H and O–H groups in total. The molecule has 6 fully saturated rings. The van der Waals surface area contributed by atoms with Crippen molar-refractivity contribution < 1.29 is 4.74 Å². The lowest BCUT2D eigenvalue weighted by atomic mass is 9.63. The van der Waals surface area contributed by atoms with Gasteiger partial charge < -0.3 is 26.0 Å². The fourth-order valence-corrected chi connectivity index (χ4v) is 25.4. The summed E-state index contributed by atoms with van der Waals surface area (Å²) >= 11 is 6.51. The summed E-state index contributed by atoms with van der Waals surface area (Å²) in [6.07, 6.45) is 30.6. The molecular weight excluding hydrogens is 1380 g/mol. The van der Waals surface area contributed by atoms with Gasteiger partial charge in [0.15, 0.2) is 0 Å². The molecule has 0 saturated carbocycles. The molecule has 9 nitrogen and oxygen atoms in total. The number of piperidine rings is 2. The molecule has 0 aromatic rings. The Kier molecular flexibility index (Phi) is 49.5. The first kappa shape index (κ1) is 105. The zero-order valence-corrected chi connectivity index (χ0v) is 81.3. The van der Waals surface area contributed by atoms with Gasteiger partial charge in [-0.3, -0.25) is 15.0 Å². The average Bonchev–Trinajstić information content (AvgIpc) is 0.903. The van der Waals surface area contributed by atoms with E-state index in [0.717, 1.165) is 117 Å². The highest BCUT2D eigenvalue weighted by atomic mass is 32.2. The first-order chi connectivity index (χ1) is 50.3. The highest BCUT2D eigenvalue weighted by molar-refractivity contribution is 8.18. The van der Waals surface area contributed by atoms with Crippen LogP contribution in [-0.2, 0) is 4.74 Å². The van der Waals surface area contributed by atoms with Crippen LogP contribution in [0, 0.1) is 134 Å². The van der Waals surface area contributed by atoms with Crippen molar-refractivity contribution in [1.29, 1.82) is 0 Å². The highest BCUT2D eigenvalue weighted by Crippen LogP contribution is 2.53. The van der Waals surface area contributed by atoms with Gasteiger partial charge in [0.2, 0.25) is 0 Å². The Morgan fingerprint density at radius 3 is 1.09 bits per heavy atom.